The lowest BCUT2D eigenvalue weighted by Gasteiger charge is -2.09. The average molecular weight is 487 g/mol. The first-order valence-electron chi connectivity index (χ1n) is 12.6. The molecule has 0 atom stereocenters. The highest BCUT2D eigenvalue weighted by atomic mass is 14.9. The first kappa shape index (κ1) is 22.0. The third-order valence-electron chi connectivity index (χ3n) is 6.74. The van der Waals surface area contributed by atoms with E-state index in [4.69, 9.17) is 15.0 Å². The van der Waals surface area contributed by atoms with Gasteiger partial charge in [-0.2, -0.15) is 0 Å². The molecule has 4 nitrogen and oxygen atoms in total. The van der Waals surface area contributed by atoms with E-state index in [1.165, 1.54) is 0 Å². The van der Waals surface area contributed by atoms with E-state index < -0.39 is 0 Å². The van der Waals surface area contributed by atoms with Crippen LogP contribution in [0.15, 0.2) is 134 Å². The Hall–Kier alpha value is -5.22. The molecule has 0 N–H and O–H groups in total. The molecule has 0 saturated carbocycles. The molecular formula is C34H22N4. The third-order valence-corrected chi connectivity index (χ3v) is 6.74. The second kappa shape index (κ2) is 9.34. The molecule has 0 spiro atoms. The van der Waals surface area contributed by atoms with Gasteiger partial charge in [0.1, 0.15) is 0 Å². The molecule has 3 aromatic heterocycles. The van der Waals surface area contributed by atoms with Crippen molar-refractivity contribution in [2.24, 2.45) is 0 Å². The Labute approximate surface area is 220 Å². The number of rotatable bonds is 4. The largest absolute Gasteiger partial charge is 0.245 e. The molecule has 0 saturated heterocycles. The molecule has 0 radical (unpaired) electrons. The highest BCUT2D eigenvalue weighted by Crippen LogP contribution is 2.29. The standard InChI is InChI=1S/C34H22N4/c1-3-8-23(9-4-1)27-12-7-13-28(22-27)34-35-21-20-31(38-34)30-19-17-26-15-14-25-16-18-29(24-10-5-2-6-11-24)36-32(25)33(26)37-30/h1-22H. The first-order valence-corrected chi connectivity index (χ1v) is 12.6. The molecule has 0 amide bonds. The molecule has 3 heterocycles. The van der Waals surface area contributed by atoms with Gasteiger partial charge >= 0.3 is 0 Å². The van der Waals surface area contributed by atoms with Gasteiger partial charge in [0, 0.05) is 28.1 Å². The Morgan fingerprint density at radius 3 is 1.66 bits per heavy atom. The van der Waals surface area contributed by atoms with Crippen LogP contribution in [0.4, 0.5) is 0 Å². The molecule has 38 heavy (non-hydrogen) atoms. The van der Waals surface area contributed by atoms with Crippen LogP contribution in [0.2, 0.25) is 0 Å². The minimum atomic E-state index is 0.671. The van der Waals surface area contributed by atoms with E-state index >= 15 is 0 Å². The van der Waals surface area contributed by atoms with Crippen molar-refractivity contribution in [3.05, 3.63) is 134 Å². The van der Waals surface area contributed by atoms with E-state index in [2.05, 4.69) is 71.7 Å². The van der Waals surface area contributed by atoms with E-state index in [1.54, 1.807) is 6.20 Å². The van der Waals surface area contributed by atoms with Gasteiger partial charge in [-0.15, -0.1) is 0 Å². The molecule has 4 heteroatoms. The van der Waals surface area contributed by atoms with Crippen LogP contribution in [-0.2, 0) is 0 Å². The van der Waals surface area contributed by atoms with Gasteiger partial charge in [-0.25, -0.2) is 19.9 Å². The predicted octanol–water partition coefficient (Wildman–Crippen LogP) is 8.24. The SMILES string of the molecule is c1ccc(-c2cccc(-c3nccc(-c4ccc5ccc6ccc(-c7ccccc7)nc6c5n4)n3)c2)cc1. The molecule has 4 aromatic carbocycles. The van der Waals surface area contributed by atoms with Crippen LogP contribution in [0.3, 0.4) is 0 Å². The minimum Gasteiger partial charge on any atom is -0.245 e. The van der Waals surface area contributed by atoms with Gasteiger partial charge in [-0.1, -0.05) is 103 Å². The summed E-state index contributed by atoms with van der Waals surface area (Å²) in [6.07, 6.45) is 1.80. The third kappa shape index (κ3) is 4.08. The lowest BCUT2D eigenvalue weighted by Crippen LogP contribution is -1.95. The second-order valence-electron chi connectivity index (χ2n) is 9.18. The van der Waals surface area contributed by atoms with E-state index in [0.717, 1.165) is 61.1 Å². The predicted molar refractivity (Wildman–Crippen MR) is 154 cm³/mol. The van der Waals surface area contributed by atoms with Gasteiger partial charge in [0.15, 0.2) is 5.82 Å². The van der Waals surface area contributed by atoms with Gasteiger partial charge in [0.05, 0.1) is 28.1 Å². The van der Waals surface area contributed by atoms with Crippen molar-refractivity contribution in [3.8, 4) is 45.2 Å². The van der Waals surface area contributed by atoms with Gasteiger partial charge in [-0.3, -0.25) is 0 Å². The highest BCUT2D eigenvalue weighted by Gasteiger charge is 2.11. The number of hydrogen-bond donors (Lipinski definition) is 0. The Bertz CT molecular complexity index is 1920. The van der Waals surface area contributed by atoms with Crippen molar-refractivity contribution in [2.45, 2.75) is 0 Å². The molecule has 7 rings (SSSR count). The summed E-state index contributed by atoms with van der Waals surface area (Å²) in [5, 5.41) is 2.10. The molecule has 0 aliphatic heterocycles. The van der Waals surface area contributed by atoms with Crippen molar-refractivity contribution in [2.75, 3.05) is 0 Å². The maximum Gasteiger partial charge on any atom is 0.159 e. The van der Waals surface area contributed by atoms with Crippen LogP contribution in [0, 0.1) is 0 Å². The summed E-state index contributed by atoms with van der Waals surface area (Å²) in [4.78, 5) is 19.6. The summed E-state index contributed by atoms with van der Waals surface area (Å²) in [7, 11) is 0. The van der Waals surface area contributed by atoms with E-state index in [-0.39, 0.29) is 0 Å². The summed E-state index contributed by atoms with van der Waals surface area (Å²) >= 11 is 0. The Balaban J connectivity index is 1.32. The quantitative estimate of drug-likeness (QED) is 0.235. The average Bonchev–Trinajstić information content (AvgIpc) is 3.01. The Morgan fingerprint density at radius 2 is 0.921 bits per heavy atom. The monoisotopic (exact) mass is 486 g/mol. The van der Waals surface area contributed by atoms with Crippen molar-refractivity contribution < 1.29 is 0 Å². The fraction of sp³-hybridized carbons (Fsp3) is 0. The number of hydrogen-bond acceptors (Lipinski definition) is 4. The number of pyridine rings is 2. The molecule has 0 fully saturated rings. The first-order chi connectivity index (χ1) is 18.8. The smallest absolute Gasteiger partial charge is 0.159 e. The number of benzene rings is 4. The zero-order chi connectivity index (χ0) is 25.3. The Morgan fingerprint density at radius 1 is 0.368 bits per heavy atom. The van der Waals surface area contributed by atoms with Crippen LogP contribution in [0.1, 0.15) is 0 Å². The van der Waals surface area contributed by atoms with Crippen LogP contribution < -0.4 is 0 Å². The van der Waals surface area contributed by atoms with Crippen LogP contribution >= 0.6 is 0 Å². The van der Waals surface area contributed by atoms with Crippen LogP contribution in [-0.4, -0.2) is 19.9 Å². The summed E-state index contributed by atoms with van der Waals surface area (Å²) in [5.74, 6) is 0.671. The lowest BCUT2D eigenvalue weighted by molar-refractivity contribution is 1.17. The van der Waals surface area contributed by atoms with Crippen molar-refractivity contribution in [1.82, 2.24) is 19.9 Å². The molecule has 0 bridgehead atoms. The van der Waals surface area contributed by atoms with E-state index in [9.17, 15) is 0 Å². The maximum absolute atomic E-state index is 5.06. The summed E-state index contributed by atoms with van der Waals surface area (Å²) in [6, 6.07) is 43.3. The zero-order valence-electron chi connectivity index (χ0n) is 20.5. The second-order valence-corrected chi connectivity index (χ2v) is 9.18. The molecule has 7 aromatic rings. The molecule has 178 valence electrons. The number of nitrogens with zero attached hydrogens (tertiary/aromatic N) is 4. The van der Waals surface area contributed by atoms with Gasteiger partial charge in [0.25, 0.3) is 0 Å². The number of fused-ring (bicyclic) bond motifs is 3. The highest BCUT2D eigenvalue weighted by molar-refractivity contribution is 6.04. The normalized spacial score (nSPS) is 11.2. The van der Waals surface area contributed by atoms with E-state index in [0.29, 0.717) is 5.82 Å². The zero-order valence-corrected chi connectivity index (χ0v) is 20.5. The van der Waals surface area contributed by atoms with Gasteiger partial charge in [0.2, 0.25) is 0 Å². The van der Waals surface area contributed by atoms with Crippen molar-refractivity contribution in [1.29, 1.82) is 0 Å². The Kier molecular flexibility index (Phi) is 5.41. The fourth-order valence-corrected chi connectivity index (χ4v) is 4.79. The van der Waals surface area contributed by atoms with Gasteiger partial charge < -0.3 is 0 Å². The van der Waals surface area contributed by atoms with Crippen LogP contribution in [0.5, 0.6) is 0 Å². The summed E-state index contributed by atoms with van der Waals surface area (Å²) < 4.78 is 0. The van der Waals surface area contributed by atoms with Gasteiger partial charge in [-0.05, 0) is 35.4 Å². The van der Waals surface area contributed by atoms with Crippen LogP contribution in [0.25, 0.3) is 67.0 Å². The molecular weight excluding hydrogens is 464 g/mol. The topological polar surface area (TPSA) is 51.6 Å². The molecule has 0 aliphatic rings. The summed E-state index contributed by atoms with van der Waals surface area (Å²) in [5.41, 5.74) is 8.59. The number of aromatic nitrogens is 4. The van der Waals surface area contributed by atoms with E-state index in [1.807, 2.05) is 60.7 Å². The molecule has 0 unspecified atom stereocenters. The summed E-state index contributed by atoms with van der Waals surface area (Å²) in [6.45, 7) is 0. The van der Waals surface area contributed by atoms with Crippen molar-refractivity contribution >= 4 is 21.8 Å². The molecule has 0 aliphatic carbocycles. The lowest BCUT2D eigenvalue weighted by atomic mass is 10.0. The van der Waals surface area contributed by atoms with Crippen molar-refractivity contribution in [3.63, 3.8) is 0 Å². The minimum absolute atomic E-state index is 0.671. The maximum atomic E-state index is 5.06. The fourth-order valence-electron chi connectivity index (χ4n) is 4.79.